The third kappa shape index (κ3) is 4.08. The molecule has 1 fully saturated rings. The van der Waals surface area contributed by atoms with E-state index in [0.29, 0.717) is 17.8 Å². The lowest BCUT2D eigenvalue weighted by Gasteiger charge is -2.30. The second-order valence-electron chi connectivity index (χ2n) is 6.75. The Labute approximate surface area is 128 Å². The van der Waals surface area contributed by atoms with E-state index in [9.17, 15) is 0 Å². The molecule has 1 saturated carbocycles. The SMILES string of the molecule is CCCC1CCC(Nc2nc(C(C)C)nc(N)c2C)CC1. The van der Waals surface area contributed by atoms with Gasteiger partial charge in [-0.2, -0.15) is 0 Å². The van der Waals surface area contributed by atoms with Gasteiger partial charge >= 0.3 is 0 Å². The molecular formula is C17H30N4. The van der Waals surface area contributed by atoms with Crippen molar-refractivity contribution in [2.75, 3.05) is 11.1 Å². The van der Waals surface area contributed by atoms with Crippen LogP contribution in [0, 0.1) is 12.8 Å². The Hall–Kier alpha value is -1.32. The van der Waals surface area contributed by atoms with Crippen LogP contribution in [0.15, 0.2) is 0 Å². The van der Waals surface area contributed by atoms with Crippen LogP contribution in [0.25, 0.3) is 0 Å². The molecule has 3 N–H and O–H groups in total. The zero-order valence-electron chi connectivity index (χ0n) is 13.9. The maximum Gasteiger partial charge on any atom is 0.135 e. The van der Waals surface area contributed by atoms with Crippen LogP contribution in [0.4, 0.5) is 11.6 Å². The van der Waals surface area contributed by atoms with E-state index in [1.807, 2.05) is 6.92 Å². The van der Waals surface area contributed by atoms with Gasteiger partial charge in [-0.25, -0.2) is 9.97 Å². The lowest BCUT2D eigenvalue weighted by atomic mass is 9.83. The molecule has 0 radical (unpaired) electrons. The van der Waals surface area contributed by atoms with Crippen LogP contribution in [0.2, 0.25) is 0 Å². The zero-order valence-corrected chi connectivity index (χ0v) is 13.9. The molecule has 0 bridgehead atoms. The molecule has 0 atom stereocenters. The first-order chi connectivity index (χ1) is 10.0. The summed E-state index contributed by atoms with van der Waals surface area (Å²) in [6.45, 7) is 8.49. The summed E-state index contributed by atoms with van der Waals surface area (Å²) < 4.78 is 0. The Morgan fingerprint density at radius 1 is 1.19 bits per heavy atom. The van der Waals surface area contributed by atoms with E-state index in [1.165, 1.54) is 38.5 Å². The van der Waals surface area contributed by atoms with Gasteiger partial charge in [-0.3, -0.25) is 0 Å². The van der Waals surface area contributed by atoms with Crippen LogP contribution in [0.5, 0.6) is 0 Å². The van der Waals surface area contributed by atoms with Gasteiger partial charge in [-0.1, -0.05) is 33.6 Å². The quantitative estimate of drug-likeness (QED) is 0.850. The molecule has 0 unspecified atom stereocenters. The summed E-state index contributed by atoms with van der Waals surface area (Å²) in [7, 11) is 0. The predicted octanol–water partition coefficient (Wildman–Crippen LogP) is 4.26. The molecule has 21 heavy (non-hydrogen) atoms. The van der Waals surface area contributed by atoms with Crippen LogP contribution in [0.1, 0.15) is 76.6 Å². The smallest absolute Gasteiger partial charge is 0.135 e. The van der Waals surface area contributed by atoms with Gasteiger partial charge in [-0.05, 0) is 38.5 Å². The fraction of sp³-hybridized carbons (Fsp3) is 0.765. The summed E-state index contributed by atoms with van der Waals surface area (Å²) in [5, 5.41) is 3.62. The summed E-state index contributed by atoms with van der Waals surface area (Å²) in [5.74, 6) is 3.60. The van der Waals surface area contributed by atoms with Gasteiger partial charge in [0, 0.05) is 17.5 Å². The van der Waals surface area contributed by atoms with Gasteiger partial charge in [0.25, 0.3) is 0 Å². The van der Waals surface area contributed by atoms with E-state index < -0.39 is 0 Å². The van der Waals surface area contributed by atoms with E-state index in [4.69, 9.17) is 5.73 Å². The highest BCUT2D eigenvalue weighted by molar-refractivity contribution is 5.55. The summed E-state index contributed by atoms with van der Waals surface area (Å²) in [6, 6.07) is 0.533. The first kappa shape index (κ1) is 16.1. The highest BCUT2D eigenvalue weighted by Gasteiger charge is 2.22. The maximum absolute atomic E-state index is 6.03. The maximum atomic E-state index is 6.03. The average molecular weight is 290 g/mol. The molecule has 0 amide bonds. The number of hydrogen-bond acceptors (Lipinski definition) is 4. The van der Waals surface area contributed by atoms with Gasteiger partial charge in [0.2, 0.25) is 0 Å². The molecule has 0 aromatic carbocycles. The number of nitrogens with one attached hydrogen (secondary N) is 1. The van der Waals surface area contributed by atoms with E-state index in [2.05, 4.69) is 36.1 Å². The lowest BCUT2D eigenvalue weighted by Crippen LogP contribution is -2.27. The van der Waals surface area contributed by atoms with Gasteiger partial charge in [0.15, 0.2) is 0 Å². The van der Waals surface area contributed by atoms with Crippen molar-refractivity contribution in [1.29, 1.82) is 0 Å². The molecule has 1 aliphatic rings. The van der Waals surface area contributed by atoms with Crippen molar-refractivity contribution in [3.63, 3.8) is 0 Å². The van der Waals surface area contributed by atoms with Gasteiger partial charge in [0.1, 0.15) is 17.5 Å². The van der Waals surface area contributed by atoms with E-state index >= 15 is 0 Å². The Morgan fingerprint density at radius 3 is 2.43 bits per heavy atom. The average Bonchev–Trinajstić information content (AvgIpc) is 2.45. The largest absolute Gasteiger partial charge is 0.383 e. The second kappa shape index (κ2) is 7.10. The van der Waals surface area contributed by atoms with Crippen LogP contribution in [-0.4, -0.2) is 16.0 Å². The number of hydrogen-bond donors (Lipinski definition) is 2. The zero-order chi connectivity index (χ0) is 15.4. The highest BCUT2D eigenvalue weighted by atomic mass is 15.1. The number of nitrogens with two attached hydrogens (primary N) is 1. The monoisotopic (exact) mass is 290 g/mol. The fourth-order valence-electron chi connectivity index (χ4n) is 3.15. The Bertz CT molecular complexity index is 462. The Kier molecular flexibility index (Phi) is 5.43. The minimum Gasteiger partial charge on any atom is -0.383 e. The first-order valence-corrected chi connectivity index (χ1v) is 8.41. The van der Waals surface area contributed by atoms with Crippen LogP contribution in [-0.2, 0) is 0 Å². The second-order valence-corrected chi connectivity index (χ2v) is 6.75. The standard InChI is InChI=1S/C17H30N4/c1-5-6-13-7-9-14(10-8-13)19-17-12(4)15(18)20-16(21-17)11(2)3/h11,13-14H,5-10H2,1-4H3,(H3,18,19,20,21). The van der Waals surface area contributed by atoms with Crippen molar-refractivity contribution in [1.82, 2.24) is 9.97 Å². The van der Waals surface area contributed by atoms with Crippen molar-refractivity contribution in [2.24, 2.45) is 5.92 Å². The number of nitrogens with zero attached hydrogens (tertiary/aromatic N) is 2. The Balaban J connectivity index is 2.03. The van der Waals surface area contributed by atoms with Crippen molar-refractivity contribution < 1.29 is 0 Å². The van der Waals surface area contributed by atoms with Gasteiger partial charge in [0.05, 0.1) is 0 Å². The van der Waals surface area contributed by atoms with E-state index in [0.717, 1.165) is 23.1 Å². The number of rotatable bonds is 5. The first-order valence-electron chi connectivity index (χ1n) is 8.41. The molecular weight excluding hydrogens is 260 g/mol. The van der Waals surface area contributed by atoms with E-state index in [1.54, 1.807) is 0 Å². The van der Waals surface area contributed by atoms with Crippen LogP contribution in [0.3, 0.4) is 0 Å². The van der Waals surface area contributed by atoms with Crippen LogP contribution < -0.4 is 11.1 Å². The van der Waals surface area contributed by atoms with E-state index in [-0.39, 0.29) is 0 Å². The molecule has 118 valence electrons. The fourth-order valence-corrected chi connectivity index (χ4v) is 3.15. The third-order valence-corrected chi connectivity index (χ3v) is 4.60. The molecule has 1 aromatic heterocycles. The predicted molar refractivity (Wildman–Crippen MR) is 89.5 cm³/mol. The molecule has 1 heterocycles. The number of nitrogen functional groups attached to an aromatic ring is 1. The molecule has 1 aromatic rings. The topological polar surface area (TPSA) is 63.8 Å². The minimum absolute atomic E-state index is 0.300. The summed E-state index contributed by atoms with van der Waals surface area (Å²) in [6.07, 6.45) is 7.84. The Morgan fingerprint density at radius 2 is 1.86 bits per heavy atom. The normalized spacial score (nSPS) is 22.5. The van der Waals surface area contributed by atoms with Crippen molar-refractivity contribution >= 4 is 11.6 Å². The molecule has 0 saturated heterocycles. The lowest BCUT2D eigenvalue weighted by molar-refractivity contribution is 0.318. The molecule has 0 spiro atoms. The molecule has 1 aliphatic carbocycles. The van der Waals surface area contributed by atoms with Gasteiger partial charge in [-0.15, -0.1) is 0 Å². The number of aromatic nitrogens is 2. The van der Waals surface area contributed by atoms with Crippen molar-refractivity contribution in [3.05, 3.63) is 11.4 Å². The van der Waals surface area contributed by atoms with Crippen molar-refractivity contribution in [2.45, 2.75) is 78.2 Å². The summed E-state index contributed by atoms with van der Waals surface area (Å²) >= 11 is 0. The third-order valence-electron chi connectivity index (χ3n) is 4.60. The minimum atomic E-state index is 0.300. The summed E-state index contributed by atoms with van der Waals surface area (Å²) in [5.41, 5.74) is 7.02. The molecule has 2 rings (SSSR count). The molecule has 0 aliphatic heterocycles. The molecule has 4 heteroatoms. The summed E-state index contributed by atoms with van der Waals surface area (Å²) in [4.78, 5) is 9.07. The number of anilines is 2. The molecule has 4 nitrogen and oxygen atoms in total. The van der Waals surface area contributed by atoms with Crippen LogP contribution >= 0.6 is 0 Å². The van der Waals surface area contributed by atoms with Gasteiger partial charge < -0.3 is 11.1 Å². The van der Waals surface area contributed by atoms with Crippen molar-refractivity contribution in [3.8, 4) is 0 Å². The highest BCUT2D eigenvalue weighted by Crippen LogP contribution is 2.30.